The largest absolute Gasteiger partial charge is 0.369 e. The van der Waals surface area contributed by atoms with E-state index in [0.717, 1.165) is 16.5 Å². The minimum absolute atomic E-state index is 0.0727. The van der Waals surface area contributed by atoms with Crippen LogP contribution < -0.4 is 5.73 Å². The molecule has 26 heavy (non-hydrogen) atoms. The van der Waals surface area contributed by atoms with Crippen LogP contribution in [0.4, 0.5) is 0 Å². The van der Waals surface area contributed by atoms with E-state index in [2.05, 4.69) is 10.2 Å². The van der Waals surface area contributed by atoms with Crippen molar-refractivity contribution in [1.82, 2.24) is 24.5 Å². The number of aromatic nitrogens is 4. The van der Waals surface area contributed by atoms with Gasteiger partial charge in [-0.3, -0.25) is 19.0 Å². The fourth-order valence-electron chi connectivity index (χ4n) is 3.65. The van der Waals surface area contributed by atoms with Crippen molar-refractivity contribution in [2.45, 2.75) is 12.5 Å². The van der Waals surface area contributed by atoms with Gasteiger partial charge in [-0.1, -0.05) is 18.2 Å². The Hall–Kier alpha value is -3.16. The summed E-state index contributed by atoms with van der Waals surface area (Å²) in [6, 6.07) is 7.75. The molecule has 2 N–H and O–H groups in total. The number of primary amides is 1. The number of nitrogens with two attached hydrogens (primary N) is 1. The summed E-state index contributed by atoms with van der Waals surface area (Å²) in [4.78, 5) is 26.4. The van der Waals surface area contributed by atoms with Gasteiger partial charge in [0.25, 0.3) is 0 Å². The minimum atomic E-state index is -0.405. The molecule has 4 rings (SSSR count). The van der Waals surface area contributed by atoms with Gasteiger partial charge in [0.1, 0.15) is 6.54 Å². The first-order valence-electron chi connectivity index (χ1n) is 8.49. The molecule has 134 valence electrons. The molecule has 8 heteroatoms. The lowest BCUT2D eigenvalue weighted by Gasteiger charge is -2.16. The van der Waals surface area contributed by atoms with Crippen LogP contribution in [-0.4, -0.2) is 49.4 Å². The summed E-state index contributed by atoms with van der Waals surface area (Å²) in [6.07, 6.45) is 5.35. The zero-order chi connectivity index (χ0) is 18.3. The summed E-state index contributed by atoms with van der Waals surface area (Å²) in [5.74, 6) is -0.993. The van der Waals surface area contributed by atoms with Crippen molar-refractivity contribution in [3.63, 3.8) is 0 Å². The van der Waals surface area contributed by atoms with Gasteiger partial charge < -0.3 is 10.6 Å². The summed E-state index contributed by atoms with van der Waals surface area (Å²) < 4.78 is 3.38. The summed E-state index contributed by atoms with van der Waals surface area (Å²) in [6.45, 7) is 0.920. The summed E-state index contributed by atoms with van der Waals surface area (Å²) in [5, 5.41) is 9.46. The SMILES string of the molecule is Cn1cc([C@H]2CN(C(=O)Cn3ncc4ccccc43)C[C@@H]2C(N)=O)cn1. The van der Waals surface area contributed by atoms with E-state index in [1.165, 1.54) is 0 Å². The fourth-order valence-corrected chi connectivity index (χ4v) is 3.65. The van der Waals surface area contributed by atoms with Crippen molar-refractivity contribution in [1.29, 1.82) is 0 Å². The van der Waals surface area contributed by atoms with Gasteiger partial charge in [-0.2, -0.15) is 10.2 Å². The highest BCUT2D eigenvalue weighted by Gasteiger charge is 2.40. The molecule has 0 saturated carbocycles. The molecule has 1 aromatic carbocycles. The quantitative estimate of drug-likeness (QED) is 0.739. The Balaban J connectivity index is 1.54. The first-order valence-corrected chi connectivity index (χ1v) is 8.49. The molecule has 3 heterocycles. The molecule has 2 amide bonds. The highest BCUT2D eigenvalue weighted by molar-refractivity contribution is 5.84. The molecule has 0 bridgehead atoms. The van der Waals surface area contributed by atoms with Crippen LogP contribution in [0.1, 0.15) is 11.5 Å². The van der Waals surface area contributed by atoms with Crippen LogP contribution >= 0.6 is 0 Å². The highest BCUT2D eigenvalue weighted by Crippen LogP contribution is 2.32. The van der Waals surface area contributed by atoms with E-state index < -0.39 is 11.8 Å². The summed E-state index contributed by atoms with van der Waals surface area (Å²) in [7, 11) is 1.82. The van der Waals surface area contributed by atoms with Crippen LogP contribution in [0.15, 0.2) is 42.9 Å². The Morgan fingerprint density at radius 1 is 1.19 bits per heavy atom. The number of carbonyl (C=O) groups is 2. The molecule has 0 spiro atoms. The number of amides is 2. The van der Waals surface area contributed by atoms with E-state index >= 15 is 0 Å². The van der Waals surface area contributed by atoms with E-state index in [0.29, 0.717) is 13.1 Å². The molecule has 2 atom stereocenters. The number of carbonyl (C=O) groups excluding carboxylic acids is 2. The van der Waals surface area contributed by atoms with Crippen molar-refractivity contribution >= 4 is 22.7 Å². The van der Waals surface area contributed by atoms with E-state index in [9.17, 15) is 9.59 Å². The fraction of sp³-hybridized carbons (Fsp3) is 0.333. The van der Waals surface area contributed by atoms with Gasteiger partial charge in [0.05, 0.1) is 23.8 Å². The molecular formula is C18H20N6O2. The van der Waals surface area contributed by atoms with Crippen molar-refractivity contribution < 1.29 is 9.59 Å². The maximum Gasteiger partial charge on any atom is 0.244 e. The lowest BCUT2D eigenvalue weighted by atomic mass is 9.90. The molecule has 1 aliphatic rings. The van der Waals surface area contributed by atoms with Crippen molar-refractivity contribution in [2.75, 3.05) is 13.1 Å². The van der Waals surface area contributed by atoms with Gasteiger partial charge in [-0.15, -0.1) is 0 Å². The number of nitrogens with zero attached hydrogens (tertiary/aromatic N) is 5. The van der Waals surface area contributed by atoms with Gasteiger partial charge in [0, 0.05) is 37.6 Å². The number of hydrogen-bond donors (Lipinski definition) is 1. The van der Waals surface area contributed by atoms with Crippen molar-refractivity contribution in [2.24, 2.45) is 18.7 Å². The molecule has 0 aliphatic carbocycles. The summed E-state index contributed by atoms with van der Waals surface area (Å²) in [5.41, 5.74) is 7.42. The second-order valence-electron chi connectivity index (χ2n) is 6.72. The number of likely N-dealkylation sites (tertiary alicyclic amines) is 1. The molecule has 0 radical (unpaired) electrons. The Bertz CT molecular complexity index is 975. The lowest BCUT2D eigenvalue weighted by molar-refractivity contribution is -0.131. The van der Waals surface area contributed by atoms with Crippen LogP contribution in [0.25, 0.3) is 10.9 Å². The van der Waals surface area contributed by atoms with Crippen LogP contribution in [0.5, 0.6) is 0 Å². The topological polar surface area (TPSA) is 99.0 Å². The molecule has 0 unspecified atom stereocenters. The molecular weight excluding hydrogens is 332 g/mol. The van der Waals surface area contributed by atoms with Crippen LogP contribution in [-0.2, 0) is 23.2 Å². The zero-order valence-electron chi connectivity index (χ0n) is 14.4. The lowest BCUT2D eigenvalue weighted by Crippen LogP contribution is -2.34. The number of hydrogen-bond acceptors (Lipinski definition) is 4. The molecule has 3 aromatic rings. The van der Waals surface area contributed by atoms with Crippen molar-refractivity contribution in [3.05, 3.63) is 48.4 Å². The average molecular weight is 352 g/mol. The first kappa shape index (κ1) is 16.3. The van der Waals surface area contributed by atoms with Gasteiger partial charge >= 0.3 is 0 Å². The Labute approximate surface area is 150 Å². The highest BCUT2D eigenvalue weighted by atomic mass is 16.2. The number of para-hydroxylation sites is 1. The molecule has 1 aliphatic heterocycles. The van der Waals surface area contributed by atoms with E-state index in [1.807, 2.05) is 37.5 Å². The minimum Gasteiger partial charge on any atom is -0.369 e. The number of fused-ring (bicyclic) bond motifs is 1. The van der Waals surface area contributed by atoms with Gasteiger partial charge in [-0.25, -0.2) is 0 Å². The van der Waals surface area contributed by atoms with Crippen LogP contribution in [0, 0.1) is 5.92 Å². The van der Waals surface area contributed by atoms with Gasteiger partial charge in [-0.05, 0) is 11.6 Å². The monoisotopic (exact) mass is 352 g/mol. The van der Waals surface area contributed by atoms with E-state index in [4.69, 9.17) is 5.73 Å². The third kappa shape index (κ3) is 2.83. The van der Waals surface area contributed by atoms with Crippen LogP contribution in [0.3, 0.4) is 0 Å². The Morgan fingerprint density at radius 2 is 2.00 bits per heavy atom. The molecule has 1 fully saturated rings. The molecule has 8 nitrogen and oxygen atoms in total. The standard InChI is InChI=1S/C18H20N6O2/c1-22-8-13(7-20-22)14-9-23(10-15(14)18(19)26)17(25)11-24-16-5-3-2-4-12(16)6-21-24/h2-8,14-15H,9-11H2,1H3,(H2,19,26)/t14-,15+/m1/s1. The second-order valence-corrected chi connectivity index (χ2v) is 6.72. The average Bonchev–Trinajstić information content (AvgIpc) is 3.33. The second kappa shape index (κ2) is 6.29. The number of benzene rings is 1. The number of aryl methyl sites for hydroxylation is 1. The van der Waals surface area contributed by atoms with E-state index in [-0.39, 0.29) is 18.4 Å². The van der Waals surface area contributed by atoms with Gasteiger partial charge in [0.2, 0.25) is 11.8 Å². The maximum absolute atomic E-state index is 12.8. The normalized spacial score (nSPS) is 20.0. The number of rotatable bonds is 4. The molecule has 2 aromatic heterocycles. The van der Waals surface area contributed by atoms with Crippen LogP contribution in [0.2, 0.25) is 0 Å². The van der Waals surface area contributed by atoms with Crippen molar-refractivity contribution in [3.8, 4) is 0 Å². The third-order valence-corrected chi connectivity index (χ3v) is 5.03. The summed E-state index contributed by atoms with van der Waals surface area (Å²) >= 11 is 0. The zero-order valence-corrected chi connectivity index (χ0v) is 14.4. The van der Waals surface area contributed by atoms with Gasteiger partial charge in [0.15, 0.2) is 0 Å². The third-order valence-electron chi connectivity index (χ3n) is 5.03. The Morgan fingerprint density at radius 3 is 2.73 bits per heavy atom. The smallest absolute Gasteiger partial charge is 0.244 e. The molecule has 1 saturated heterocycles. The first-order chi connectivity index (χ1) is 12.5. The maximum atomic E-state index is 12.8. The predicted molar refractivity (Wildman–Crippen MR) is 94.9 cm³/mol. The predicted octanol–water partition coefficient (Wildman–Crippen LogP) is 0.497. The Kier molecular flexibility index (Phi) is 3.95. The van der Waals surface area contributed by atoms with E-state index in [1.54, 1.807) is 26.7 Å².